The third-order valence-corrected chi connectivity index (χ3v) is 3.75. The Morgan fingerprint density at radius 3 is 2.56 bits per heavy atom. The van der Waals surface area contributed by atoms with Crippen LogP contribution in [0, 0.1) is 6.92 Å². The van der Waals surface area contributed by atoms with Crippen LogP contribution in [0.2, 0.25) is 0 Å². The second-order valence-electron chi connectivity index (χ2n) is 3.81. The van der Waals surface area contributed by atoms with Crippen molar-refractivity contribution in [1.29, 1.82) is 0 Å². The van der Waals surface area contributed by atoms with E-state index in [1.165, 1.54) is 0 Å². The molecule has 4 nitrogen and oxygen atoms in total. The molecule has 1 aromatic carbocycles. The molecule has 0 saturated carbocycles. The minimum absolute atomic E-state index is 0.175. The largest absolute Gasteiger partial charge is 0.351 e. The maximum absolute atomic E-state index is 11.8. The molecule has 1 aromatic rings. The minimum Gasteiger partial charge on any atom is -0.351 e. The first-order valence-corrected chi connectivity index (χ1v) is 6.60. The van der Waals surface area contributed by atoms with Gasteiger partial charge in [0.25, 0.3) is 10.1 Å². The van der Waals surface area contributed by atoms with Gasteiger partial charge in [-0.3, -0.25) is 0 Å². The molecule has 1 unspecified atom stereocenters. The normalized spacial score (nSPS) is 21.2. The summed E-state index contributed by atoms with van der Waals surface area (Å²) >= 11 is 0. The number of ether oxygens (including phenoxy) is 1. The van der Waals surface area contributed by atoms with Crippen LogP contribution in [0.4, 0.5) is 0 Å². The van der Waals surface area contributed by atoms with Crippen LogP contribution in [0.5, 0.6) is 0 Å². The second-order valence-corrected chi connectivity index (χ2v) is 5.38. The fourth-order valence-corrected chi connectivity index (χ4v) is 2.54. The third kappa shape index (κ3) is 2.61. The van der Waals surface area contributed by atoms with E-state index in [9.17, 15) is 8.42 Å². The average Bonchev–Trinajstić information content (AvgIpc) is 2.70. The quantitative estimate of drug-likeness (QED) is 0.759. The Balaban J connectivity index is 2.14. The highest BCUT2D eigenvalue weighted by Gasteiger charge is 2.24. The van der Waals surface area contributed by atoms with Gasteiger partial charge in [-0.05, 0) is 25.5 Å². The van der Waals surface area contributed by atoms with Crippen molar-refractivity contribution in [2.75, 3.05) is 6.61 Å². The van der Waals surface area contributed by atoms with Crippen LogP contribution < -0.4 is 0 Å². The van der Waals surface area contributed by atoms with Crippen LogP contribution in [0.15, 0.2) is 29.2 Å². The molecule has 0 aromatic heterocycles. The number of hydrogen-bond donors (Lipinski definition) is 0. The Kier molecular flexibility index (Phi) is 3.28. The first-order valence-electron chi connectivity index (χ1n) is 5.19. The molecule has 0 radical (unpaired) electrons. The van der Waals surface area contributed by atoms with Gasteiger partial charge >= 0.3 is 0 Å². The van der Waals surface area contributed by atoms with Crippen LogP contribution in [-0.4, -0.2) is 21.3 Å². The summed E-state index contributed by atoms with van der Waals surface area (Å²) in [7, 11) is -3.69. The fraction of sp³-hybridized carbons (Fsp3) is 0.455. The molecule has 1 aliphatic heterocycles. The molecule has 5 heteroatoms. The zero-order chi connectivity index (χ0) is 11.6. The summed E-state index contributed by atoms with van der Waals surface area (Å²) < 4.78 is 33.7. The standard InChI is InChI=1S/C11H14O4S/c1-9-4-6-10(7-5-9)16(12,13)15-11-3-2-8-14-11/h4-7,11H,2-3,8H2,1H3. The van der Waals surface area contributed by atoms with Gasteiger partial charge in [0.15, 0.2) is 6.29 Å². The summed E-state index contributed by atoms with van der Waals surface area (Å²) in [6.45, 7) is 2.46. The molecule has 0 aliphatic carbocycles. The molecule has 1 saturated heterocycles. The minimum atomic E-state index is -3.69. The van der Waals surface area contributed by atoms with Gasteiger partial charge in [-0.25, -0.2) is 4.18 Å². The van der Waals surface area contributed by atoms with Crippen molar-refractivity contribution in [1.82, 2.24) is 0 Å². The van der Waals surface area contributed by atoms with Crippen LogP contribution >= 0.6 is 0 Å². The van der Waals surface area contributed by atoms with Crippen LogP contribution in [0.25, 0.3) is 0 Å². The molecular formula is C11H14O4S. The van der Waals surface area contributed by atoms with Crippen LogP contribution in [0.1, 0.15) is 18.4 Å². The lowest BCUT2D eigenvalue weighted by Crippen LogP contribution is -2.17. The molecule has 1 heterocycles. The lowest BCUT2D eigenvalue weighted by molar-refractivity contribution is -0.0344. The summed E-state index contributed by atoms with van der Waals surface area (Å²) in [6, 6.07) is 6.57. The highest BCUT2D eigenvalue weighted by molar-refractivity contribution is 7.86. The van der Waals surface area contributed by atoms with E-state index < -0.39 is 16.4 Å². The van der Waals surface area contributed by atoms with E-state index >= 15 is 0 Å². The smallest absolute Gasteiger partial charge is 0.299 e. The molecule has 0 amide bonds. The molecule has 0 N–H and O–H groups in total. The molecule has 0 bridgehead atoms. The Morgan fingerprint density at radius 1 is 1.31 bits per heavy atom. The van der Waals surface area contributed by atoms with Gasteiger partial charge in [-0.2, -0.15) is 8.42 Å². The predicted molar refractivity (Wildman–Crippen MR) is 58.4 cm³/mol. The SMILES string of the molecule is Cc1ccc(S(=O)(=O)OC2CCCO2)cc1. The molecule has 1 aliphatic rings. The van der Waals surface area contributed by atoms with Crippen molar-refractivity contribution in [3.63, 3.8) is 0 Å². The Morgan fingerprint density at radius 2 is 2.00 bits per heavy atom. The van der Waals surface area contributed by atoms with Gasteiger partial charge in [0.05, 0.1) is 4.90 Å². The van der Waals surface area contributed by atoms with E-state index in [-0.39, 0.29) is 4.90 Å². The highest BCUT2D eigenvalue weighted by atomic mass is 32.2. The molecule has 16 heavy (non-hydrogen) atoms. The molecule has 1 fully saturated rings. The summed E-state index contributed by atoms with van der Waals surface area (Å²) in [5, 5.41) is 0. The lowest BCUT2D eigenvalue weighted by Gasteiger charge is -2.10. The van der Waals surface area contributed by atoms with Gasteiger partial charge < -0.3 is 4.74 Å². The van der Waals surface area contributed by atoms with Gasteiger partial charge in [-0.1, -0.05) is 17.7 Å². The van der Waals surface area contributed by atoms with Crippen molar-refractivity contribution >= 4 is 10.1 Å². The van der Waals surface area contributed by atoms with E-state index in [0.29, 0.717) is 13.0 Å². The van der Waals surface area contributed by atoms with Crippen molar-refractivity contribution in [2.45, 2.75) is 31.0 Å². The van der Waals surface area contributed by atoms with Crippen molar-refractivity contribution < 1.29 is 17.3 Å². The number of hydrogen-bond acceptors (Lipinski definition) is 4. The van der Waals surface area contributed by atoms with E-state index in [4.69, 9.17) is 8.92 Å². The number of benzene rings is 1. The Bertz CT molecular complexity index is 443. The van der Waals surface area contributed by atoms with Gasteiger partial charge in [0.2, 0.25) is 0 Å². The maximum atomic E-state index is 11.8. The number of aryl methyl sites for hydroxylation is 1. The van der Waals surface area contributed by atoms with Gasteiger partial charge in [0, 0.05) is 13.0 Å². The zero-order valence-corrected chi connectivity index (χ0v) is 9.87. The monoisotopic (exact) mass is 242 g/mol. The average molecular weight is 242 g/mol. The second kappa shape index (κ2) is 4.53. The summed E-state index contributed by atoms with van der Waals surface area (Å²) in [6.07, 6.45) is 0.852. The maximum Gasteiger partial charge on any atom is 0.299 e. The van der Waals surface area contributed by atoms with E-state index in [1.54, 1.807) is 24.3 Å². The first-order chi connectivity index (χ1) is 7.58. The molecular weight excluding hydrogens is 228 g/mol. The lowest BCUT2D eigenvalue weighted by atomic mass is 10.2. The van der Waals surface area contributed by atoms with Crippen molar-refractivity contribution in [2.24, 2.45) is 0 Å². The molecule has 2 rings (SSSR count). The van der Waals surface area contributed by atoms with Crippen LogP contribution in [0.3, 0.4) is 0 Å². The van der Waals surface area contributed by atoms with Crippen molar-refractivity contribution in [3.05, 3.63) is 29.8 Å². The molecule has 1 atom stereocenters. The Hall–Kier alpha value is -0.910. The number of rotatable bonds is 3. The van der Waals surface area contributed by atoms with E-state index in [1.807, 2.05) is 6.92 Å². The van der Waals surface area contributed by atoms with Gasteiger partial charge in [-0.15, -0.1) is 0 Å². The third-order valence-electron chi connectivity index (χ3n) is 2.43. The summed E-state index contributed by atoms with van der Waals surface area (Å²) in [5.41, 5.74) is 1.01. The zero-order valence-electron chi connectivity index (χ0n) is 9.05. The highest BCUT2D eigenvalue weighted by Crippen LogP contribution is 2.20. The van der Waals surface area contributed by atoms with E-state index in [0.717, 1.165) is 12.0 Å². The summed E-state index contributed by atoms with van der Waals surface area (Å²) in [4.78, 5) is 0.175. The summed E-state index contributed by atoms with van der Waals surface area (Å²) in [5.74, 6) is 0. The topological polar surface area (TPSA) is 52.6 Å². The molecule has 0 spiro atoms. The van der Waals surface area contributed by atoms with Gasteiger partial charge in [0.1, 0.15) is 0 Å². The predicted octanol–water partition coefficient (Wildman–Crippen LogP) is 1.84. The van der Waals surface area contributed by atoms with E-state index in [2.05, 4.69) is 0 Å². The van der Waals surface area contributed by atoms with Crippen molar-refractivity contribution in [3.8, 4) is 0 Å². The van der Waals surface area contributed by atoms with Crippen LogP contribution in [-0.2, 0) is 19.0 Å². The first kappa shape index (κ1) is 11.6. The Labute approximate surface area is 95.3 Å². The fourth-order valence-electron chi connectivity index (χ4n) is 1.53. The molecule has 88 valence electrons.